The lowest BCUT2D eigenvalue weighted by Crippen LogP contribution is -2.25. The molecular formula is C11H14Cl2N2O2. The molecule has 1 amide bonds. The smallest absolute Gasteiger partial charge is 0.252 e. The Labute approximate surface area is 110 Å². The van der Waals surface area contributed by atoms with Gasteiger partial charge in [-0.15, -0.1) is 0 Å². The normalized spacial score (nSPS) is 12.2. The first-order valence-electron chi connectivity index (χ1n) is 5.28. The molecule has 1 aromatic rings. The van der Waals surface area contributed by atoms with E-state index in [1.807, 2.05) is 0 Å². The van der Waals surface area contributed by atoms with Gasteiger partial charge in [-0.3, -0.25) is 4.79 Å². The average Bonchev–Trinajstić information content (AvgIpc) is 2.27. The molecule has 1 atom stereocenters. The summed E-state index contributed by atoms with van der Waals surface area (Å²) in [5, 5.41) is 12.2. The van der Waals surface area contributed by atoms with Crippen LogP contribution in [0.5, 0.6) is 0 Å². The highest BCUT2D eigenvalue weighted by Crippen LogP contribution is 2.17. The van der Waals surface area contributed by atoms with Crippen LogP contribution in [-0.2, 0) is 0 Å². The second-order valence-corrected chi connectivity index (χ2v) is 4.53. The summed E-state index contributed by atoms with van der Waals surface area (Å²) in [6.45, 7) is 2.20. The van der Waals surface area contributed by atoms with E-state index in [0.717, 1.165) is 0 Å². The molecular weight excluding hydrogens is 263 g/mol. The second-order valence-electron chi connectivity index (χ2n) is 3.73. The topological polar surface area (TPSA) is 62.2 Å². The summed E-state index contributed by atoms with van der Waals surface area (Å²) in [6.07, 6.45) is 2.34. The van der Waals surface area contributed by atoms with Crippen molar-refractivity contribution in [3.05, 3.63) is 28.0 Å². The van der Waals surface area contributed by atoms with Crippen LogP contribution in [0.4, 0.5) is 0 Å². The molecule has 6 heteroatoms. The maximum Gasteiger partial charge on any atom is 0.252 e. The van der Waals surface area contributed by atoms with Crippen molar-refractivity contribution in [3.63, 3.8) is 0 Å². The van der Waals surface area contributed by atoms with Crippen molar-refractivity contribution >= 4 is 29.1 Å². The van der Waals surface area contributed by atoms with Crippen molar-refractivity contribution in [2.45, 2.75) is 25.9 Å². The molecule has 0 bridgehead atoms. The Bertz CT molecular complexity index is 397. The fourth-order valence-electron chi connectivity index (χ4n) is 1.28. The molecule has 1 aromatic heterocycles. The van der Waals surface area contributed by atoms with Gasteiger partial charge in [0, 0.05) is 12.7 Å². The molecule has 0 spiro atoms. The Balaban J connectivity index is 2.49. The first kappa shape index (κ1) is 14.2. The number of hydrogen-bond acceptors (Lipinski definition) is 3. The molecule has 1 unspecified atom stereocenters. The molecule has 17 heavy (non-hydrogen) atoms. The van der Waals surface area contributed by atoms with Gasteiger partial charge >= 0.3 is 0 Å². The zero-order valence-electron chi connectivity index (χ0n) is 9.41. The highest BCUT2D eigenvalue weighted by molar-refractivity contribution is 6.35. The lowest BCUT2D eigenvalue weighted by Gasteiger charge is -2.07. The molecule has 0 aliphatic rings. The lowest BCUT2D eigenvalue weighted by molar-refractivity contribution is 0.0949. The third kappa shape index (κ3) is 4.89. The van der Waals surface area contributed by atoms with E-state index < -0.39 is 0 Å². The van der Waals surface area contributed by atoms with Crippen LogP contribution in [-0.4, -0.2) is 28.6 Å². The van der Waals surface area contributed by atoms with Crippen LogP contribution in [0.1, 0.15) is 30.1 Å². The van der Waals surface area contributed by atoms with Gasteiger partial charge in [0.1, 0.15) is 5.15 Å². The number of rotatable bonds is 5. The van der Waals surface area contributed by atoms with Crippen LogP contribution < -0.4 is 5.32 Å². The Morgan fingerprint density at radius 2 is 2.29 bits per heavy atom. The number of nitrogens with one attached hydrogen (secondary N) is 1. The van der Waals surface area contributed by atoms with Crippen LogP contribution in [0, 0.1) is 0 Å². The average molecular weight is 277 g/mol. The van der Waals surface area contributed by atoms with Gasteiger partial charge in [0.2, 0.25) is 0 Å². The Hall–Kier alpha value is -0.840. The van der Waals surface area contributed by atoms with Crippen molar-refractivity contribution < 1.29 is 9.90 Å². The predicted molar refractivity (Wildman–Crippen MR) is 67.5 cm³/mol. The molecule has 0 aliphatic heterocycles. The van der Waals surface area contributed by atoms with Gasteiger partial charge in [0.25, 0.3) is 5.91 Å². The van der Waals surface area contributed by atoms with E-state index in [0.29, 0.717) is 24.9 Å². The van der Waals surface area contributed by atoms with Gasteiger partial charge < -0.3 is 10.4 Å². The number of hydrogen-bond donors (Lipinski definition) is 2. The lowest BCUT2D eigenvalue weighted by atomic mass is 10.2. The molecule has 0 aromatic carbocycles. The van der Waals surface area contributed by atoms with Crippen molar-refractivity contribution in [2.24, 2.45) is 0 Å². The van der Waals surface area contributed by atoms with Crippen molar-refractivity contribution in [1.82, 2.24) is 10.3 Å². The van der Waals surface area contributed by atoms with Gasteiger partial charge in [-0.2, -0.15) is 0 Å². The Morgan fingerprint density at radius 1 is 1.59 bits per heavy atom. The zero-order valence-corrected chi connectivity index (χ0v) is 10.9. The predicted octanol–water partition coefficient (Wildman–Crippen LogP) is 2.28. The summed E-state index contributed by atoms with van der Waals surface area (Å²) >= 11 is 11.5. The van der Waals surface area contributed by atoms with E-state index in [4.69, 9.17) is 28.3 Å². The van der Waals surface area contributed by atoms with E-state index in [2.05, 4.69) is 10.3 Å². The maximum absolute atomic E-state index is 11.7. The third-order valence-electron chi connectivity index (χ3n) is 2.15. The zero-order chi connectivity index (χ0) is 12.8. The molecule has 94 valence electrons. The highest BCUT2D eigenvalue weighted by atomic mass is 35.5. The number of amides is 1. The molecule has 1 rings (SSSR count). The molecule has 2 N–H and O–H groups in total. The number of aliphatic hydroxyl groups is 1. The molecule has 0 saturated heterocycles. The van der Waals surface area contributed by atoms with Gasteiger partial charge in [0.15, 0.2) is 0 Å². The Kier molecular flexibility index (Phi) is 5.68. The van der Waals surface area contributed by atoms with Crippen LogP contribution in [0.3, 0.4) is 0 Å². The number of carbonyl (C=O) groups is 1. The first-order valence-corrected chi connectivity index (χ1v) is 6.03. The number of pyridine rings is 1. The van der Waals surface area contributed by atoms with E-state index in [1.165, 1.54) is 12.3 Å². The molecule has 4 nitrogen and oxygen atoms in total. The number of carbonyl (C=O) groups excluding carboxylic acids is 1. The molecule has 1 heterocycles. The summed E-state index contributed by atoms with van der Waals surface area (Å²) in [6, 6.07) is 1.42. The number of aromatic nitrogens is 1. The largest absolute Gasteiger partial charge is 0.393 e. The molecule has 0 aliphatic carbocycles. The summed E-state index contributed by atoms with van der Waals surface area (Å²) in [4.78, 5) is 15.5. The van der Waals surface area contributed by atoms with Crippen molar-refractivity contribution in [1.29, 1.82) is 0 Å². The monoisotopic (exact) mass is 276 g/mol. The van der Waals surface area contributed by atoms with E-state index in [-0.39, 0.29) is 22.2 Å². The third-order valence-corrected chi connectivity index (χ3v) is 2.66. The number of nitrogens with zero attached hydrogens (tertiary/aromatic N) is 1. The van der Waals surface area contributed by atoms with Gasteiger partial charge in [0.05, 0.1) is 16.7 Å². The maximum atomic E-state index is 11.7. The Morgan fingerprint density at radius 3 is 2.94 bits per heavy atom. The van der Waals surface area contributed by atoms with E-state index in [1.54, 1.807) is 6.92 Å². The molecule has 0 saturated carbocycles. The minimum atomic E-state index is -0.356. The number of aliphatic hydroxyl groups excluding tert-OH is 1. The summed E-state index contributed by atoms with van der Waals surface area (Å²) < 4.78 is 0. The van der Waals surface area contributed by atoms with Crippen molar-refractivity contribution in [2.75, 3.05) is 6.54 Å². The summed E-state index contributed by atoms with van der Waals surface area (Å²) in [5.74, 6) is -0.287. The highest BCUT2D eigenvalue weighted by Gasteiger charge is 2.11. The van der Waals surface area contributed by atoms with Crippen LogP contribution in [0.15, 0.2) is 12.3 Å². The fraction of sp³-hybridized carbons (Fsp3) is 0.455. The van der Waals surface area contributed by atoms with Crippen LogP contribution in [0.2, 0.25) is 10.2 Å². The molecule has 0 fully saturated rings. The molecule has 0 radical (unpaired) electrons. The quantitative estimate of drug-likeness (QED) is 0.641. The fourth-order valence-corrected chi connectivity index (χ4v) is 1.63. The standard InChI is InChI=1S/C11H14Cl2N2O2/c1-7(16)3-2-4-14-11(17)8-5-10(13)15-6-9(8)12/h5-7,16H,2-4H2,1H3,(H,14,17). The van der Waals surface area contributed by atoms with Crippen molar-refractivity contribution in [3.8, 4) is 0 Å². The van der Waals surface area contributed by atoms with Gasteiger partial charge in [-0.1, -0.05) is 23.2 Å². The van der Waals surface area contributed by atoms with Crippen LogP contribution >= 0.6 is 23.2 Å². The summed E-state index contributed by atoms with van der Waals surface area (Å²) in [5.41, 5.74) is 0.309. The number of halogens is 2. The first-order chi connectivity index (χ1) is 8.00. The van der Waals surface area contributed by atoms with E-state index in [9.17, 15) is 4.79 Å². The second kappa shape index (κ2) is 6.79. The minimum Gasteiger partial charge on any atom is -0.393 e. The van der Waals surface area contributed by atoms with E-state index >= 15 is 0 Å². The van der Waals surface area contributed by atoms with Gasteiger partial charge in [-0.05, 0) is 25.8 Å². The van der Waals surface area contributed by atoms with Crippen LogP contribution in [0.25, 0.3) is 0 Å². The minimum absolute atomic E-state index is 0.225. The van der Waals surface area contributed by atoms with Gasteiger partial charge in [-0.25, -0.2) is 4.98 Å². The SMILES string of the molecule is CC(O)CCCNC(=O)c1cc(Cl)ncc1Cl. The summed E-state index contributed by atoms with van der Waals surface area (Å²) in [7, 11) is 0.